The van der Waals surface area contributed by atoms with Crippen LogP contribution < -0.4 is 4.90 Å². The molecule has 4 heteroatoms. The molecule has 1 aliphatic heterocycles. The number of allylic oxidation sites excluding steroid dienone is 4. The van der Waals surface area contributed by atoms with Crippen molar-refractivity contribution >= 4 is 102 Å². The van der Waals surface area contributed by atoms with Gasteiger partial charge in [0, 0.05) is 74.3 Å². The summed E-state index contributed by atoms with van der Waals surface area (Å²) in [6, 6.07) is 53.4. The molecule has 0 saturated heterocycles. The molecule has 244 valence electrons. The molecule has 0 saturated carbocycles. The minimum Gasteiger partial charge on any atom is -0.316 e. The van der Waals surface area contributed by atoms with Gasteiger partial charge in [-0.2, -0.15) is 0 Å². The third-order valence-electron chi connectivity index (χ3n) is 10.5. The van der Waals surface area contributed by atoms with E-state index >= 15 is 0 Å². The van der Waals surface area contributed by atoms with E-state index in [0.717, 1.165) is 16.9 Å². The molecule has 1 aliphatic rings. The largest absolute Gasteiger partial charge is 0.316 e. The lowest BCUT2D eigenvalue weighted by Crippen LogP contribution is -2.11. The van der Waals surface area contributed by atoms with E-state index in [0.29, 0.717) is 0 Å². The summed E-state index contributed by atoms with van der Waals surface area (Å²) in [4.78, 5) is 2.32. The first-order valence-corrected chi connectivity index (χ1v) is 19.2. The lowest BCUT2D eigenvalue weighted by atomic mass is 9.98. The number of para-hydroxylation sites is 2. The minimum absolute atomic E-state index is 1.01. The van der Waals surface area contributed by atoms with Crippen LogP contribution in [0.2, 0.25) is 0 Å². The third-order valence-corrected chi connectivity index (χ3v) is 12.9. The van der Waals surface area contributed by atoms with Crippen LogP contribution in [0, 0.1) is 0 Å². The summed E-state index contributed by atoms with van der Waals surface area (Å²) in [6.45, 7) is 4.60. The number of hydrogen-bond donors (Lipinski definition) is 0. The number of fused-ring (bicyclic) bond motifs is 11. The second-order valence-corrected chi connectivity index (χ2v) is 15.6. The van der Waals surface area contributed by atoms with Crippen LogP contribution in [0.5, 0.6) is 0 Å². The maximum absolute atomic E-state index is 4.60. The number of anilines is 2. The highest BCUT2D eigenvalue weighted by molar-refractivity contribution is 7.26. The maximum atomic E-state index is 4.60. The van der Waals surface area contributed by atoms with Crippen molar-refractivity contribution in [1.29, 1.82) is 0 Å². The number of thiophene rings is 2. The van der Waals surface area contributed by atoms with Gasteiger partial charge in [0.1, 0.15) is 0 Å². The second kappa shape index (κ2) is 11.4. The summed E-state index contributed by atoms with van der Waals surface area (Å²) in [7, 11) is 0. The van der Waals surface area contributed by atoms with Gasteiger partial charge in [0.2, 0.25) is 0 Å². The predicted molar refractivity (Wildman–Crippen MR) is 228 cm³/mol. The molecular formula is C48H30N2S2. The minimum atomic E-state index is 1.01. The Morgan fingerprint density at radius 2 is 1.15 bits per heavy atom. The fourth-order valence-corrected chi connectivity index (χ4v) is 10.5. The van der Waals surface area contributed by atoms with Crippen LogP contribution in [0.15, 0.2) is 177 Å². The SMILES string of the molecule is C=C1/C=C\C=C/N(c2cccc(-c3ccc4sc5ccccc5c4c3)c2)c2ccc3c(sc4ccc(-n5c6ccccc6c6ccccc65)cc43)c21. The van der Waals surface area contributed by atoms with Crippen molar-refractivity contribution in [3.05, 3.63) is 182 Å². The van der Waals surface area contributed by atoms with Crippen LogP contribution in [0.3, 0.4) is 0 Å². The Morgan fingerprint density at radius 1 is 0.462 bits per heavy atom. The van der Waals surface area contributed by atoms with Crippen LogP contribution in [0.1, 0.15) is 5.56 Å². The number of benzene rings is 7. The van der Waals surface area contributed by atoms with Gasteiger partial charge in [-0.15, -0.1) is 22.7 Å². The van der Waals surface area contributed by atoms with E-state index in [1.165, 1.54) is 84.5 Å². The van der Waals surface area contributed by atoms with Crippen molar-refractivity contribution in [1.82, 2.24) is 4.57 Å². The predicted octanol–water partition coefficient (Wildman–Crippen LogP) is 14.4. The molecule has 10 aromatic rings. The van der Waals surface area contributed by atoms with Gasteiger partial charge in [-0.1, -0.05) is 97.6 Å². The first kappa shape index (κ1) is 29.5. The monoisotopic (exact) mass is 698 g/mol. The number of rotatable bonds is 3. The van der Waals surface area contributed by atoms with Gasteiger partial charge in [0.05, 0.1) is 16.7 Å². The zero-order chi connectivity index (χ0) is 34.3. The fourth-order valence-electron chi connectivity index (χ4n) is 8.11. The highest BCUT2D eigenvalue weighted by Crippen LogP contribution is 2.46. The van der Waals surface area contributed by atoms with Crippen molar-refractivity contribution in [2.75, 3.05) is 4.90 Å². The van der Waals surface area contributed by atoms with Gasteiger partial charge in [-0.25, -0.2) is 0 Å². The van der Waals surface area contributed by atoms with Crippen LogP contribution in [-0.4, -0.2) is 4.57 Å². The van der Waals surface area contributed by atoms with Gasteiger partial charge in [-0.3, -0.25) is 0 Å². The van der Waals surface area contributed by atoms with Crippen molar-refractivity contribution in [2.24, 2.45) is 0 Å². The normalized spacial score (nSPS) is 14.5. The first-order chi connectivity index (χ1) is 25.7. The molecule has 52 heavy (non-hydrogen) atoms. The van der Waals surface area contributed by atoms with E-state index in [-0.39, 0.29) is 0 Å². The van der Waals surface area contributed by atoms with E-state index < -0.39 is 0 Å². The summed E-state index contributed by atoms with van der Waals surface area (Å²) in [5.74, 6) is 0. The summed E-state index contributed by atoms with van der Waals surface area (Å²) in [6.07, 6.45) is 8.52. The molecule has 0 amide bonds. The molecule has 0 unspecified atom stereocenters. The van der Waals surface area contributed by atoms with Crippen molar-refractivity contribution in [3.63, 3.8) is 0 Å². The Hall–Kier alpha value is -6.20. The molecular weight excluding hydrogens is 669 g/mol. The average Bonchev–Trinajstić information content (AvgIpc) is 3.86. The summed E-state index contributed by atoms with van der Waals surface area (Å²) < 4.78 is 7.58. The molecule has 11 rings (SSSR count). The van der Waals surface area contributed by atoms with Crippen LogP contribution in [0.4, 0.5) is 11.4 Å². The van der Waals surface area contributed by atoms with E-state index in [1.54, 1.807) is 0 Å². The summed E-state index contributed by atoms with van der Waals surface area (Å²) >= 11 is 3.71. The Morgan fingerprint density at radius 3 is 2.00 bits per heavy atom. The van der Waals surface area contributed by atoms with Crippen molar-refractivity contribution < 1.29 is 0 Å². The topological polar surface area (TPSA) is 8.17 Å². The molecule has 0 atom stereocenters. The molecule has 0 N–H and O–H groups in total. The molecule has 0 aliphatic carbocycles. The first-order valence-electron chi connectivity index (χ1n) is 17.5. The third kappa shape index (κ3) is 4.42. The number of aromatic nitrogens is 1. The molecule has 7 aromatic carbocycles. The summed E-state index contributed by atoms with van der Waals surface area (Å²) in [5, 5.41) is 7.70. The number of hydrogen-bond acceptors (Lipinski definition) is 3. The lowest BCUT2D eigenvalue weighted by Gasteiger charge is -2.26. The molecule has 4 heterocycles. The van der Waals surface area contributed by atoms with Gasteiger partial charge in [0.25, 0.3) is 0 Å². The zero-order valence-electron chi connectivity index (χ0n) is 28.1. The van der Waals surface area contributed by atoms with Gasteiger partial charge < -0.3 is 9.47 Å². The average molecular weight is 699 g/mol. The molecule has 0 spiro atoms. The Kier molecular flexibility index (Phi) is 6.48. The smallest absolute Gasteiger partial charge is 0.0548 e. The van der Waals surface area contributed by atoms with Crippen molar-refractivity contribution in [3.8, 4) is 16.8 Å². The fraction of sp³-hybridized carbons (Fsp3) is 0. The van der Waals surface area contributed by atoms with Gasteiger partial charge >= 0.3 is 0 Å². The maximum Gasteiger partial charge on any atom is 0.0548 e. The molecule has 2 nitrogen and oxygen atoms in total. The van der Waals surface area contributed by atoms with Crippen LogP contribution >= 0.6 is 22.7 Å². The quantitative estimate of drug-likeness (QED) is 0.178. The van der Waals surface area contributed by atoms with Crippen molar-refractivity contribution in [2.45, 2.75) is 0 Å². The molecule has 0 bridgehead atoms. The molecule has 0 radical (unpaired) electrons. The Labute approximate surface area is 308 Å². The van der Waals surface area contributed by atoms with E-state index in [9.17, 15) is 0 Å². The Balaban J connectivity index is 1.06. The van der Waals surface area contributed by atoms with E-state index in [1.807, 2.05) is 22.7 Å². The Bertz CT molecular complexity index is 3110. The van der Waals surface area contributed by atoms with Gasteiger partial charge in [0.15, 0.2) is 0 Å². The van der Waals surface area contributed by atoms with Gasteiger partial charge in [-0.05, 0) is 89.5 Å². The van der Waals surface area contributed by atoms with Crippen LogP contribution in [-0.2, 0) is 0 Å². The number of nitrogens with zero attached hydrogens (tertiary/aromatic N) is 2. The zero-order valence-corrected chi connectivity index (χ0v) is 29.7. The van der Waals surface area contributed by atoms with E-state index in [4.69, 9.17) is 0 Å². The second-order valence-electron chi connectivity index (χ2n) is 13.4. The van der Waals surface area contributed by atoms with Crippen LogP contribution in [0.25, 0.3) is 84.5 Å². The molecule has 0 fully saturated rings. The van der Waals surface area contributed by atoms with E-state index in [2.05, 4.69) is 186 Å². The summed E-state index contributed by atoms with van der Waals surface area (Å²) in [5.41, 5.74) is 10.5. The highest BCUT2D eigenvalue weighted by atomic mass is 32.1. The highest BCUT2D eigenvalue weighted by Gasteiger charge is 2.21. The molecule has 3 aromatic heterocycles. The standard InChI is InChI=1S/C48H30N2S2/c1-30-11-8-9-26-49(33-13-10-12-31(27-33)32-20-24-45-39(28-32)37-16-4-7-19-44(37)51-45)43-23-22-38-40-29-34(21-25-46(40)52-48(38)47(30)43)50-41-17-5-2-14-35(41)36-15-3-6-18-42(36)50/h2-29H,1H2/b11-8-,26-9-. The lowest BCUT2D eigenvalue weighted by molar-refractivity contribution is 1.19.